The molecule has 0 amide bonds. The number of rotatable bonds is 10. The molecule has 0 heterocycles. The molecule has 0 radical (unpaired) electrons. The van der Waals surface area contributed by atoms with E-state index in [1.165, 1.54) is 5.56 Å². The molecule has 1 N–H and O–H groups in total. The predicted octanol–water partition coefficient (Wildman–Crippen LogP) is 4.92. The van der Waals surface area contributed by atoms with Gasteiger partial charge < -0.3 is 9.47 Å². The summed E-state index contributed by atoms with van der Waals surface area (Å²) in [6.45, 7) is 4.88. The zero-order valence-corrected chi connectivity index (χ0v) is 19.0. The summed E-state index contributed by atoms with van der Waals surface area (Å²) in [4.78, 5) is 0.138. The summed E-state index contributed by atoms with van der Waals surface area (Å²) in [5.74, 6) is 1.56. The van der Waals surface area contributed by atoms with Gasteiger partial charge in [-0.1, -0.05) is 62.4 Å². The van der Waals surface area contributed by atoms with Crippen LogP contribution in [0.5, 0.6) is 11.5 Å². The third kappa shape index (κ3) is 6.32. The van der Waals surface area contributed by atoms with Gasteiger partial charge in [-0.3, -0.25) is 0 Å². The molecule has 3 aromatic carbocycles. The lowest BCUT2D eigenvalue weighted by atomic mass is 10.0. The van der Waals surface area contributed by atoms with Gasteiger partial charge in [0.05, 0.1) is 7.11 Å². The number of benzene rings is 3. The van der Waals surface area contributed by atoms with E-state index < -0.39 is 10.0 Å². The topological polar surface area (TPSA) is 64.6 Å². The first kappa shape index (κ1) is 22.8. The molecule has 0 saturated heterocycles. The van der Waals surface area contributed by atoms with E-state index in [9.17, 15) is 8.42 Å². The fourth-order valence-electron chi connectivity index (χ4n) is 3.15. The van der Waals surface area contributed by atoms with Gasteiger partial charge in [0.2, 0.25) is 10.0 Å². The maximum absolute atomic E-state index is 12.9. The van der Waals surface area contributed by atoms with Gasteiger partial charge in [0, 0.05) is 6.54 Å². The molecule has 0 unspecified atom stereocenters. The van der Waals surface area contributed by atoms with Crippen LogP contribution in [-0.4, -0.2) is 22.1 Å². The number of methoxy groups -OCH3 is 1. The van der Waals surface area contributed by atoms with Crippen LogP contribution in [0.4, 0.5) is 0 Å². The van der Waals surface area contributed by atoms with Crippen molar-refractivity contribution in [2.75, 3.05) is 13.7 Å². The lowest BCUT2D eigenvalue weighted by molar-refractivity contribution is 0.297. The number of hydrogen-bond donors (Lipinski definition) is 1. The molecule has 0 fully saturated rings. The molecule has 5 nitrogen and oxygen atoms in total. The van der Waals surface area contributed by atoms with Gasteiger partial charge in [-0.15, -0.1) is 0 Å². The highest BCUT2D eigenvalue weighted by Gasteiger charge is 2.19. The van der Waals surface area contributed by atoms with Crippen LogP contribution in [0.25, 0.3) is 0 Å². The molecule has 3 aromatic rings. The standard InChI is InChI=1S/C25H29NO4S/c1-19(2)22-12-8-20(9-13-22)16-17-26-31(27,28)25-7-5-4-6-24(25)30-18-21-10-14-23(29-3)15-11-21/h4-15,19,26H,16-18H2,1-3H3. The molecular weight excluding hydrogens is 410 g/mol. The Morgan fingerprint density at radius 2 is 1.52 bits per heavy atom. The molecule has 0 aliphatic heterocycles. The van der Waals surface area contributed by atoms with Crippen molar-refractivity contribution in [3.8, 4) is 11.5 Å². The van der Waals surface area contributed by atoms with Gasteiger partial charge in [-0.2, -0.15) is 0 Å². The normalized spacial score (nSPS) is 11.5. The van der Waals surface area contributed by atoms with Crippen LogP contribution in [0.3, 0.4) is 0 Å². The second-order valence-corrected chi connectivity index (χ2v) is 9.36. The van der Waals surface area contributed by atoms with Crippen molar-refractivity contribution < 1.29 is 17.9 Å². The summed E-state index contributed by atoms with van der Waals surface area (Å²) in [6.07, 6.45) is 0.618. The monoisotopic (exact) mass is 439 g/mol. The van der Waals surface area contributed by atoms with Gasteiger partial charge in [-0.25, -0.2) is 13.1 Å². The Labute approximate surface area is 185 Å². The van der Waals surface area contributed by atoms with Gasteiger partial charge in [0.15, 0.2) is 0 Å². The van der Waals surface area contributed by atoms with Crippen LogP contribution in [0.2, 0.25) is 0 Å². The highest BCUT2D eigenvalue weighted by atomic mass is 32.2. The summed E-state index contributed by atoms with van der Waals surface area (Å²) in [6, 6.07) is 22.4. The molecule has 0 bridgehead atoms. The fourth-order valence-corrected chi connectivity index (χ4v) is 4.33. The van der Waals surface area contributed by atoms with Crippen molar-refractivity contribution in [3.05, 3.63) is 89.5 Å². The predicted molar refractivity (Wildman–Crippen MR) is 123 cm³/mol. The Bertz CT molecular complexity index is 1080. The fraction of sp³-hybridized carbons (Fsp3) is 0.280. The van der Waals surface area contributed by atoms with Crippen LogP contribution < -0.4 is 14.2 Å². The summed E-state index contributed by atoms with van der Waals surface area (Å²) in [5, 5.41) is 0. The van der Waals surface area contributed by atoms with Crippen molar-refractivity contribution in [2.24, 2.45) is 0 Å². The van der Waals surface area contributed by atoms with E-state index >= 15 is 0 Å². The Morgan fingerprint density at radius 3 is 2.16 bits per heavy atom. The molecule has 3 rings (SSSR count). The van der Waals surface area contributed by atoms with Crippen molar-refractivity contribution in [1.29, 1.82) is 0 Å². The third-order valence-corrected chi connectivity index (χ3v) is 6.54. The number of nitrogens with one attached hydrogen (secondary N) is 1. The minimum atomic E-state index is -3.69. The zero-order valence-electron chi connectivity index (χ0n) is 18.2. The molecule has 31 heavy (non-hydrogen) atoms. The van der Waals surface area contributed by atoms with Crippen molar-refractivity contribution in [1.82, 2.24) is 4.72 Å². The Hall–Kier alpha value is -2.83. The van der Waals surface area contributed by atoms with E-state index in [1.54, 1.807) is 31.4 Å². The van der Waals surface area contributed by atoms with Gasteiger partial charge in [0.1, 0.15) is 23.0 Å². The maximum Gasteiger partial charge on any atom is 0.244 e. The van der Waals surface area contributed by atoms with E-state index in [-0.39, 0.29) is 11.5 Å². The van der Waals surface area contributed by atoms with Crippen LogP contribution in [0.1, 0.15) is 36.5 Å². The number of sulfonamides is 1. The van der Waals surface area contributed by atoms with E-state index in [1.807, 2.05) is 24.3 Å². The average Bonchev–Trinajstić information content (AvgIpc) is 2.78. The van der Waals surface area contributed by atoms with E-state index in [4.69, 9.17) is 9.47 Å². The summed E-state index contributed by atoms with van der Waals surface area (Å²) in [5.41, 5.74) is 3.29. The van der Waals surface area contributed by atoms with Crippen molar-refractivity contribution >= 4 is 10.0 Å². The maximum atomic E-state index is 12.9. The van der Waals surface area contributed by atoms with Crippen LogP contribution in [0, 0.1) is 0 Å². The molecule has 0 saturated carbocycles. The lowest BCUT2D eigenvalue weighted by Gasteiger charge is -2.13. The first-order valence-corrected chi connectivity index (χ1v) is 11.8. The first-order chi connectivity index (χ1) is 14.9. The van der Waals surface area contributed by atoms with Gasteiger partial charge in [-0.05, 0) is 53.3 Å². The number of para-hydroxylation sites is 1. The molecule has 0 aliphatic rings. The molecule has 0 spiro atoms. The lowest BCUT2D eigenvalue weighted by Crippen LogP contribution is -2.26. The minimum absolute atomic E-state index is 0.138. The quantitative estimate of drug-likeness (QED) is 0.487. The van der Waals surface area contributed by atoms with Crippen molar-refractivity contribution in [3.63, 3.8) is 0 Å². The molecular formula is C25H29NO4S. The largest absolute Gasteiger partial charge is 0.497 e. The second kappa shape index (κ2) is 10.5. The van der Waals surface area contributed by atoms with Crippen LogP contribution in [-0.2, 0) is 23.1 Å². The Morgan fingerprint density at radius 1 is 0.871 bits per heavy atom. The van der Waals surface area contributed by atoms with Gasteiger partial charge in [0.25, 0.3) is 0 Å². The molecule has 6 heteroatoms. The zero-order chi connectivity index (χ0) is 22.3. The highest BCUT2D eigenvalue weighted by molar-refractivity contribution is 7.89. The number of ether oxygens (including phenoxy) is 2. The Kier molecular flexibility index (Phi) is 7.71. The smallest absolute Gasteiger partial charge is 0.244 e. The Balaban J connectivity index is 1.62. The molecule has 164 valence electrons. The van der Waals surface area contributed by atoms with E-state index in [2.05, 4.69) is 42.8 Å². The first-order valence-electron chi connectivity index (χ1n) is 10.3. The summed E-state index contributed by atoms with van der Waals surface area (Å²) >= 11 is 0. The van der Waals surface area contributed by atoms with Crippen LogP contribution in [0.15, 0.2) is 77.7 Å². The summed E-state index contributed by atoms with van der Waals surface area (Å²) in [7, 11) is -2.08. The average molecular weight is 440 g/mol. The van der Waals surface area contributed by atoms with Crippen LogP contribution >= 0.6 is 0 Å². The number of hydrogen-bond acceptors (Lipinski definition) is 4. The SMILES string of the molecule is COc1ccc(COc2ccccc2S(=O)(=O)NCCc2ccc(C(C)C)cc2)cc1. The van der Waals surface area contributed by atoms with E-state index in [0.29, 0.717) is 24.6 Å². The van der Waals surface area contributed by atoms with E-state index in [0.717, 1.165) is 16.9 Å². The minimum Gasteiger partial charge on any atom is -0.497 e. The van der Waals surface area contributed by atoms with Gasteiger partial charge >= 0.3 is 0 Å². The molecule has 0 aromatic heterocycles. The summed E-state index contributed by atoms with van der Waals surface area (Å²) < 4.78 is 39.4. The van der Waals surface area contributed by atoms with Crippen molar-refractivity contribution in [2.45, 2.75) is 37.7 Å². The molecule has 0 atom stereocenters. The molecule has 0 aliphatic carbocycles. The second-order valence-electron chi connectivity index (χ2n) is 7.63. The third-order valence-electron chi connectivity index (χ3n) is 5.04. The highest BCUT2D eigenvalue weighted by Crippen LogP contribution is 2.24.